The predicted molar refractivity (Wildman–Crippen MR) is 82.9 cm³/mol. The number of likely N-dealkylation sites (tertiary alicyclic amines) is 1. The minimum Gasteiger partial charge on any atom is -0.483 e. The van der Waals surface area contributed by atoms with Crippen molar-refractivity contribution in [2.75, 3.05) is 13.2 Å². The highest BCUT2D eigenvalue weighted by molar-refractivity contribution is 5.84. The normalized spacial score (nSPS) is 21.5. The van der Waals surface area contributed by atoms with Crippen LogP contribution in [0.15, 0.2) is 18.2 Å². The van der Waals surface area contributed by atoms with Gasteiger partial charge in [-0.05, 0) is 43.7 Å². The van der Waals surface area contributed by atoms with Gasteiger partial charge in [0.05, 0.1) is 0 Å². The van der Waals surface area contributed by atoms with E-state index in [2.05, 4.69) is 0 Å². The Labute approximate surface area is 130 Å². The Bertz CT molecular complexity index is 550. The van der Waals surface area contributed by atoms with Crippen LogP contribution < -0.4 is 4.74 Å². The van der Waals surface area contributed by atoms with E-state index in [1.165, 1.54) is 4.90 Å². The second-order valence-corrected chi connectivity index (χ2v) is 6.08. The van der Waals surface area contributed by atoms with Gasteiger partial charge in [-0.2, -0.15) is 0 Å². The monoisotopic (exact) mass is 305 g/mol. The zero-order chi connectivity index (χ0) is 16.3. The number of amides is 1. The van der Waals surface area contributed by atoms with Crippen molar-refractivity contribution >= 4 is 11.9 Å². The van der Waals surface area contributed by atoms with Gasteiger partial charge in [0.1, 0.15) is 11.8 Å². The van der Waals surface area contributed by atoms with E-state index >= 15 is 0 Å². The average Bonchev–Trinajstić information content (AvgIpc) is 2.46. The maximum Gasteiger partial charge on any atom is 0.326 e. The molecule has 2 unspecified atom stereocenters. The molecule has 0 spiro atoms. The topological polar surface area (TPSA) is 66.8 Å². The highest BCUT2D eigenvalue weighted by Crippen LogP contribution is 2.25. The third-order valence-electron chi connectivity index (χ3n) is 4.22. The van der Waals surface area contributed by atoms with Crippen molar-refractivity contribution < 1.29 is 19.4 Å². The number of hydrogen-bond acceptors (Lipinski definition) is 3. The molecule has 0 bridgehead atoms. The number of para-hydroxylation sites is 1. The standard InChI is InChI=1S/C17H23NO4/c1-11-7-8-18(14(9-11)17(20)21)15(19)10-22-16-12(2)5-4-6-13(16)3/h4-6,11,14H,7-10H2,1-3H3,(H,20,21). The molecule has 22 heavy (non-hydrogen) atoms. The number of aliphatic carboxylic acids is 1. The van der Waals surface area contributed by atoms with Crippen LogP contribution in [0, 0.1) is 19.8 Å². The van der Waals surface area contributed by atoms with Crippen LogP contribution in [0.4, 0.5) is 0 Å². The lowest BCUT2D eigenvalue weighted by molar-refractivity contribution is -0.153. The third-order valence-corrected chi connectivity index (χ3v) is 4.22. The van der Waals surface area contributed by atoms with Crippen molar-refractivity contribution in [3.8, 4) is 5.75 Å². The van der Waals surface area contributed by atoms with Crippen LogP contribution in [0.1, 0.15) is 30.9 Å². The van der Waals surface area contributed by atoms with Gasteiger partial charge in [-0.15, -0.1) is 0 Å². The van der Waals surface area contributed by atoms with Gasteiger partial charge in [0.2, 0.25) is 0 Å². The lowest BCUT2D eigenvalue weighted by Gasteiger charge is -2.35. The Balaban J connectivity index is 2.03. The van der Waals surface area contributed by atoms with Crippen molar-refractivity contribution in [3.05, 3.63) is 29.3 Å². The number of piperidine rings is 1. The Hall–Kier alpha value is -2.04. The van der Waals surface area contributed by atoms with Gasteiger partial charge in [-0.1, -0.05) is 25.1 Å². The SMILES string of the molecule is Cc1cccc(C)c1OCC(=O)N1CCC(C)CC1C(=O)O. The summed E-state index contributed by atoms with van der Waals surface area (Å²) in [5.74, 6) is -0.174. The molecule has 1 aromatic carbocycles. The lowest BCUT2D eigenvalue weighted by atomic mass is 9.92. The first kappa shape index (κ1) is 16.3. The number of carbonyl (C=O) groups excluding carboxylic acids is 1. The van der Waals surface area contributed by atoms with E-state index in [0.717, 1.165) is 17.5 Å². The van der Waals surface area contributed by atoms with Crippen LogP contribution in [-0.4, -0.2) is 41.1 Å². The summed E-state index contributed by atoms with van der Waals surface area (Å²) in [6.45, 7) is 6.23. The quantitative estimate of drug-likeness (QED) is 0.927. The molecule has 1 aliphatic rings. The molecule has 1 aromatic rings. The summed E-state index contributed by atoms with van der Waals surface area (Å²) in [4.78, 5) is 25.2. The second-order valence-electron chi connectivity index (χ2n) is 6.08. The third kappa shape index (κ3) is 3.59. The first-order chi connectivity index (χ1) is 10.4. The molecule has 1 saturated heterocycles. The van der Waals surface area contributed by atoms with Crippen LogP contribution in [0.5, 0.6) is 5.75 Å². The van der Waals surface area contributed by atoms with Gasteiger partial charge in [-0.25, -0.2) is 4.79 Å². The van der Waals surface area contributed by atoms with Crippen molar-refractivity contribution in [1.29, 1.82) is 0 Å². The van der Waals surface area contributed by atoms with Crippen LogP contribution in [0.25, 0.3) is 0 Å². The number of carboxylic acid groups (broad SMARTS) is 1. The van der Waals surface area contributed by atoms with Gasteiger partial charge < -0.3 is 14.7 Å². The highest BCUT2D eigenvalue weighted by atomic mass is 16.5. The number of hydrogen-bond donors (Lipinski definition) is 1. The van der Waals surface area contributed by atoms with E-state index in [4.69, 9.17) is 4.74 Å². The molecule has 2 rings (SSSR count). The molecule has 0 radical (unpaired) electrons. The molecule has 5 nitrogen and oxygen atoms in total. The van der Waals surface area contributed by atoms with Crippen molar-refractivity contribution in [2.24, 2.45) is 5.92 Å². The molecule has 0 aromatic heterocycles. The Morgan fingerprint density at radius 3 is 2.55 bits per heavy atom. The van der Waals surface area contributed by atoms with Gasteiger partial charge in [-0.3, -0.25) is 4.79 Å². The van der Waals surface area contributed by atoms with E-state index in [1.54, 1.807) is 0 Å². The number of carboxylic acids is 1. The largest absolute Gasteiger partial charge is 0.483 e. The Morgan fingerprint density at radius 2 is 1.95 bits per heavy atom. The molecule has 1 aliphatic heterocycles. The van der Waals surface area contributed by atoms with Crippen molar-refractivity contribution in [2.45, 2.75) is 39.7 Å². The average molecular weight is 305 g/mol. The zero-order valence-electron chi connectivity index (χ0n) is 13.3. The highest BCUT2D eigenvalue weighted by Gasteiger charge is 2.34. The number of ether oxygens (including phenoxy) is 1. The van der Waals surface area contributed by atoms with E-state index in [1.807, 2.05) is 39.0 Å². The van der Waals surface area contributed by atoms with E-state index in [9.17, 15) is 14.7 Å². The Morgan fingerprint density at radius 1 is 1.32 bits per heavy atom. The van der Waals surface area contributed by atoms with Crippen LogP contribution in [-0.2, 0) is 9.59 Å². The summed E-state index contributed by atoms with van der Waals surface area (Å²) < 4.78 is 5.65. The van der Waals surface area contributed by atoms with Crippen LogP contribution in [0.2, 0.25) is 0 Å². The number of rotatable bonds is 4. The van der Waals surface area contributed by atoms with Gasteiger partial charge in [0.25, 0.3) is 5.91 Å². The number of benzene rings is 1. The Kier molecular flexibility index (Phi) is 5.06. The fourth-order valence-electron chi connectivity index (χ4n) is 2.92. The smallest absolute Gasteiger partial charge is 0.326 e. The molecule has 120 valence electrons. The molecule has 0 saturated carbocycles. The molecule has 0 aliphatic carbocycles. The number of carbonyl (C=O) groups is 2. The van der Waals surface area contributed by atoms with Crippen LogP contribution in [0.3, 0.4) is 0 Å². The summed E-state index contributed by atoms with van der Waals surface area (Å²) in [6.07, 6.45) is 1.34. The minimum atomic E-state index is -0.938. The van der Waals surface area contributed by atoms with Gasteiger partial charge >= 0.3 is 5.97 Å². The first-order valence-electron chi connectivity index (χ1n) is 7.61. The summed E-state index contributed by atoms with van der Waals surface area (Å²) in [7, 11) is 0. The summed E-state index contributed by atoms with van der Waals surface area (Å²) >= 11 is 0. The second kappa shape index (κ2) is 6.81. The summed E-state index contributed by atoms with van der Waals surface area (Å²) in [6, 6.07) is 5.05. The van der Waals surface area contributed by atoms with Crippen LogP contribution >= 0.6 is 0 Å². The van der Waals surface area contributed by atoms with E-state index < -0.39 is 12.0 Å². The molecule has 2 atom stereocenters. The minimum absolute atomic E-state index is 0.121. The first-order valence-corrected chi connectivity index (χ1v) is 7.61. The fourth-order valence-corrected chi connectivity index (χ4v) is 2.92. The molecule has 5 heteroatoms. The van der Waals surface area contributed by atoms with E-state index in [-0.39, 0.29) is 12.5 Å². The fraction of sp³-hybridized carbons (Fsp3) is 0.529. The lowest BCUT2D eigenvalue weighted by Crippen LogP contribution is -2.51. The van der Waals surface area contributed by atoms with Crippen molar-refractivity contribution in [1.82, 2.24) is 4.90 Å². The summed E-state index contributed by atoms with van der Waals surface area (Å²) in [5.41, 5.74) is 1.93. The predicted octanol–water partition coefficient (Wildman–Crippen LogP) is 2.39. The molecule has 1 heterocycles. The maximum atomic E-state index is 12.4. The molecular formula is C17H23NO4. The molecular weight excluding hydrogens is 282 g/mol. The number of nitrogens with zero attached hydrogens (tertiary/aromatic N) is 1. The molecule has 1 fully saturated rings. The summed E-state index contributed by atoms with van der Waals surface area (Å²) in [5, 5.41) is 9.31. The van der Waals surface area contributed by atoms with Crippen molar-refractivity contribution in [3.63, 3.8) is 0 Å². The van der Waals surface area contributed by atoms with Gasteiger partial charge in [0.15, 0.2) is 6.61 Å². The van der Waals surface area contributed by atoms with Gasteiger partial charge in [0, 0.05) is 6.54 Å². The van der Waals surface area contributed by atoms with E-state index in [0.29, 0.717) is 24.6 Å². The molecule has 1 amide bonds. The maximum absolute atomic E-state index is 12.4. The number of aryl methyl sites for hydroxylation is 2. The zero-order valence-corrected chi connectivity index (χ0v) is 13.3. The molecule has 1 N–H and O–H groups in total.